The fourth-order valence-corrected chi connectivity index (χ4v) is 9.43. The van der Waals surface area contributed by atoms with Gasteiger partial charge in [-0.25, -0.2) is 0 Å². The van der Waals surface area contributed by atoms with Gasteiger partial charge >= 0.3 is 5.97 Å². The zero-order valence-corrected chi connectivity index (χ0v) is 25.5. The quantitative estimate of drug-likeness (QED) is 0.212. The number of rotatable bonds is 6. The van der Waals surface area contributed by atoms with Gasteiger partial charge in [-0.3, -0.25) is 19.2 Å². The second-order valence-corrected chi connectivity index (χ2v) is 14.7. The van der Waals surface area contributed by atoms with Gasteiger partial charge in [0, 0.05) is 37.0 Å². The Hall–Kier alpha value is -2.20. The molecular weight excluding hydrogens is 528 g/mol. The number of esters is 1. The summed E-state index contributed by atoms with van der Waals surface area (Å²) in [6.45, 7) is 12.7. The first-order chi connectivity index (χ1) is 18.6. The van der Waals surface area contributed by atoms with Crippen LogP contribution < -0.4 is 0 Å². The summed E-state index contributed by atoms with van der Waals surface area (Å²) >= 11 is 0. The molecule has 228 valence electrons. The number of Topliss-reactive ketones (excluding diaryl/α,β-unsaturated/α-hetero) is 2. The van der Waals surface area contributed by atoms with Crippen molar-refractivity contribution in [2.75, 3.05) is 6.61 Å². The average molecular weight is 575 g/mol. The van der Waals surface area contributed by atoms with Crippen molar-refractivity contribution >= 4 is 23.3 Å². The van der Waals surface area contributed by atoms with Crippen molar-refractivity contribution in [2.24, 2.45) is 39.4 Å². The molecule has 4 N–H and O–H groups in total. The van der Waals surface area contributed by atoms with Crippen molar-refractivity contribution < 1.29 is 44.3 Å². The molecule has 4 rings (SSSR count). The van der Waals surface area contributed by atoms with Gasteiger partial charge in [0.2, 0.25) is 0 Å². The van der Waals surface area contributed by atoms with E-state index in [1.807, 2.05) is 19.9 Å². The molecular formula is C32H46O9. The van der Waals surface area contributed by atoms with Crippen LogP contribution in [0.15, 0.2) is 23.8 Å². The van der Waals surface area contributed by atoms with Gasteiger partial charge in [-0.15, -0.1) is 0 Å². The van der Waals surface area contributed by atoms with Crippen molar-refractivity contribution in [1.82, 2.24) is 0 Å². The van der Waals surface area contributed by atoms with E-state index in [0.717, 1.165) is 11.6 Å². The summed E-state index contributed by atoms with van der Waals surface area (Å²) in [6, 6.07) is 0. The number of fused-ring (bicyclic) bond motifs is 5. The van der Waals surface area contributed by atoms with Crippen molar-refractivity contribution in [3.8, 4) is 0 Å². The molecule has 0 aromatic carbocycles. The predicted octanol–water partition coefficient (Wildman–Crippen LogP) is 2.47. The van der Waals surface area contributed by atoms with E-state index in [2.05, 4.69) is 0 Å². The molecule has 0 spiro atoms. The minimum atomic E-state index is -2.06. The summed E-state index contributed by atoms with van der Waals surface area (Å²) in [5.41, 5.74) is -6.35. The highest BCUT2D eigenvalue weighted by Gasteiger charge is 2.75. The van der Waals surface area contributed by atoms with Gasteiger partial charge in [0.05, 0.1) is 18.1 Å². The van der Waals surface area contributed by atoms with Crippen LogP contribution in [0.5, 0.6) is 0 Å². The summed E-state index contributed by atoms with van der Waals surface area (Å²) < 4.78 is 5.22. The molecule has 0 radical (unpaired) electrons. The number of hydrogen-bond acceptors (Lipinski definition) is 9. The number of hydrogen-bond donors (Lipinski definition) is 4. The highest BCUT2D eigenvalue weighted by molar-refractivity contribution is 5.97. The molecule has 0 bridgehead atoms. The zero-order chi connectivity index (χ0) is 31.1. The maximum absolute atomic E-state index is 14.4. The molecule has 4 aliphatic carbocycles. The molecule has 3 fully saturated rings. The van der Waals surface area contributed by atoms with E-state index in [1.165, 1.54) is 19.9 Å². The smallest absolute Gasteiger partial charge is 0.303 e. The van der Waals surface area contributed by atoms with Gasteiger partial charge in [-0.05, 0) is 62.5 Å². The van der Waals surface area contributed by atoms with Gasteiger partial charge in [0.25, 0.3) is 0 Å². The lowest BCUT2D eigenvalue weighted by Gasteiger charge is -2.64. The summed E-state index contributed by atoms with van der Waals surface area (Å²) in [5.74, 6) is -3.89. The van der Waals surface area contributed by atoms with Gasteiger partial charge in [-0.2, -0.15) is 0 Å². The second kappa shape index (κ2) is 9.66. The fourth-order valence-electron chi connectivity index (χ4n) is 9.43. The van der Waals surface area contributed by atoms with E-state index in [9.17, 15) is 39.6 Å². The molecule has 9 heteroatoms. The van der Waals surface area contributed by atoms with Crippen molar-refractivity contribution in [3.05, 3.63) is 23.8 Å². The van der Waals surface area contributed by atoms with E-state index in [4.69, 9.17) is 4.74 Å². The Morgan fingerprint density at radius 2 is 1.71 bits per heavy atom. The van der Waals surface area contributed by atoms with Crippen LogP contribution in [0, 0.1) is 39.4 Å². The lowest BCUT2D eigenvalue weighted by molar-refractivity contribution is -0.191. The lowest BCUT2D eigenvalue weighted by atomic mass is 9.38. The Bertz CT molecular complexity index is 1230. The third kappa shape index (κ3) is 4.33. The van der Waals surface area contributed by atoms with Crippen molar-refractivity contribution in [3.63, 3.8) is 0 Å². The molecule has 0 heterocycles. The van der Waals surface area contributed by atoms with Crippen LogP contribution in [0.1, 0.15) is 81.1 Å². The number of ketones is 3. The molecule has 41 heavy (non-hydrogen) atoms. The minimum Gasteiger partial charge on any atom is -0.456 e. The van der Waals surface area contributed by atoms with Crippen molar-refractivity contribution in [2.45, 2.75) is 104 Å². The van der Waals surface area contributed by atoms with E-state index in [0.29, 0.717) is 6.42 Å². The SMILES string of the molecule is CC(=O)OC(C)(C)C=CC(=O)[C@](C)(O)[C@H]1[C@H](O)C[C@@]2(C)[C@@H]3CC=C4[C@@H](CC(=O)C(O)C4(C)C)[C@]3(CO)C(=O)C[C@]12C. The molecule has 0 aromatic heterocycles. The Kier molecular flexibility index (Phi) is 7.47. The summed E-state index contributed by atoms with van der Waals surface area (Å²) in [7, 11) is 0. The fraction of sp³-hybridized carbons (Fsp3) is 0.750. The number of ether oxygens (including phenoxy) is 1. The van der Waals surface area contributed by atoms with E-state index in [-0.39, 0.29) is 30.8 Å². The van der Waals surface area contributed by atoms with Crippen LogP contribution in [-0.4, -0.2) is 73.8 Å². The number of aliphatic hydroxyl groups is 4. The number of carbonyl (C=O) groups excluding carboxylic acids is 4. The zero-order valence-electron chi connectivity index (χ0n) is 25.5. The molecule has 9 nitrogen and oxygen atoms in total. The number of aliphatic hydroxyl groups excluding tert-OH is 3. The second-order valence-electron chi connectivity index (χ2n) is 14.7. The third-order valence-electron chi connectivity index (χ3n) is 11.6. The monoisotopic (exact) mass is 574 g/mol. The number of carbonyl (C=O) groups is 4. The number of allylic oxidation sites excluding steroid dienone is 1. The van der Waals surface area contributed by atoms with Crippen LogP contribution in [0.4, 0.5) is 0 Å². The molecule has 9 atom stereocenters. The van der Waals surface area contributed by atoms with Crippen LogP contribution in [-0.2, 0) is 23.9 Å². The highest BCUT2D eigenvalue weighted by atomic mass is 16.6. The lowest BCUT2D eigenvalue weighted by Crippen LogP contribution is -2.67. The molecule has 4 aliphatic rings. The first-order valence-corrected chi connectivity index (χ1v) is 14.5. The Balaban J connectivity index is 1.78. The maximum atomic E-state index is 14.4. The van der Waals surface area contributed by atoms with Gasteiger partial charge in [0.15, 0.2) is 11.6 Å². The molecule has 0 saturated heterocycles. The summed E-state index contributed by atoms with van der Waals surface area (Å²) in [4.78, 5) is 52.2. The molecule has 0 aromatic rings. The molecule has 3 saturated carbocycles. The Labute approximate surface area is 242 Å². The van der Waals surface area contributed by atoms with Gasteiger partial charge < -0.3 is 25.2 Å². The van der Waals surface area contributed by atoms with Gasteiger partial charge in [0.1, 0.15) is 23.1 Å². The van der Waals surface area contributed by atoms with Crippen LogP contribution in [0.25, 0.3) is 0 Å². The summed E-state index contributed by atoms with van der Waals surface area (Å²) in [5, 5.41) is 45.0. The molecule has 1 unspecified atom stereocenters. The predicted molar refractivity (Wildman–Crippen MR) is 149 cm³/mol. The van der Waals surface area contributed by atoms with E-state index in [1.54, 1.807) is 27.7 Å². The van der Waals surface area contributed by atoms with Crippen LogP contribution in [0.2, 0.25) is 0 Å². The largest absolute Gasteiger partial charge is 0.456 e. The Morgan fingerprint density at radius 3 is 2.27 bits per heavy atom. The Morgan fingerprint density at radius 1 is 1.10 bits per heavy atom. The normalized spacial score (nSPS) is 41.7. The highest BCUT2D eigenvalue weighted by Crippen LogP contribution is 2.74. The third-order valence-corrected chi connectivity index (χ3v) is 11.6. The minimum absolute atomic E-state index is 0.0584. The van der Waals surface area contributed by atoms with Crippen LogP contribution >= 0.6 is 0 Å². The van der Waals surface area contributed by atoms with Crippen LogP contribution in [0.3, 0.4) is 0 Å². The average Bonchev–Trinajstić information content (AvgIpc) is 3.05. The molecule has 0 amide bonds. The first kappa shape index (κ1) is 31.7. The van der Waals surface area contributed by atoms with Gasteiger partial charge in [-0.1, -0.05) is 39.3 Å². The first-order valence-electron chi connectivity index (χ1n) is 14.5. The van der Waals surface area contributed by atoms with Crippen molar-refractivity contribution in [1.29, 1.82) is 0 Å². The standard InChI is InChI=1S/C32H46O9/c1-17(34)41-27(2,3)12-11-23(37)31(8,40)25-21(36)14-29(6)22-10-9-18-19(13-20(35)26(39)28(18,4)5)32(22,16-33)24(38)15-30(25,29)7/h9,11-12,19,21-22,25-26,33,36,39-40H,10,13-16H2,1-8H3/t19-,21-,22+,25+,26?,29+,30-,31+,32+/m1/s1. The molecule has 0 aliphatic heterocycles. The van der Waals surface area contributed by atoms with E-state index < -0.39 is 81.2 Å². The summed E-state index contributed by atoms with van der Waals surface area (Å²) in [6.07, 6.45) is 2.64. The van der Waals surface area contributed by atoms with E-state index >= 15 is 0 Å². The topological polar surface area (TPSA) is 158 Å². The maximum Gasteiger partial charge on any atom is 0.303 e.